The van der Waals surface area contributed by atoms with Crippen LogP contribution in [0.25, 0.3) is 11.3 Å². The fraction of sp³-hybridized carbons (Fsp3) is 0.0909. The van der Waals surface area contributed by atoms with E-state index in [9.17, 15) is 9.60 Å². The zero-order chi connectivity index (χ0) is 11.7. The topological polar surface area (TPSA) is 39.8 Å². The molecule has 0 bridgehead atoms. The number of hydrogen-bond donors (Lipinski definition) is 0. The predicted molar refractivity (Wildman–Crippen MR) is 58.3 cm³/mol. The van der Waals surface area contributed by atoms with Crippen molar-refractivity contribution in [3.63, 3.8) is 0 Å². The lowest BCUT2D eigenvalue weighted by molar-refractivity contribution is -0.604. The molecule has 2 rings (SSSR count). The summed E-state index contributed by atoms with van der Waals surface area (Å²) in [7, 11) is 0. The summed E-state index contributed by atoms with van der Waals surface area (Å²) in [6.45, 7) is 1.45. The highest BCUT2D eigenvalue weighted by Crippen LogP contribution is 2.20. The smallest absolute Gasteiger partial charge is 0.325 e. The maximum atomic E-state index is 13.1. The fourth-order valence-corrected chi connectivity index (χ4v) is 1.62. The third-order valence-electron chi connectivity index (χ3n) is 2.16. The van der Waals surface area contributed by atoms with Crippen LogP contribution in [0.3, 0.4) is 0 Å². The maximum Gasteiger partial charge on any atom is 0.325 e. The van der Waals surface area contributed by atoms with Gasteiger partial charge in [0, 0.05) is 17.5 Å². The molecule has 3 nitrogen and oxygen atoms in total. The zero-order valence-corrected chi connectivity index (χ0v) is 9.20. The average molecular weight is 239 g/mol. The monoisotopic (exact) mass is 238 g/mol. The Morgan fingerprint density at radius 3 is 2.81 bits per heavy atom. The van der Waals surface area contributed by atoms with E-state index in [4.69, 9.17) is 11.6 Å². The molecular weight excluding hydrogens is 231 g/mol. The second-order valence-corrected chi connectivity index (χ2v) is 3.75. The summed E-state index contributed by atoms with van der Waals surface area (Å²) in [5.41, 5.74) is 0.763. The first-order valence-electron chi connectivity index (χ1n) is 4.60. The van der Waals surface area contributed by atoms with Gasteiger partial charge < -0.3 is 5.21 Å². The molecule has 0 aliphatic rings. The molecule has 5 heteroatoms. The van der Waals surface area contributed by atoms with Gasteiger partial charge in [0.1, 0.15) is 5.69 Å². The van der Waals surface area contributed by atoms with E-state index in [1.807, 2.05) is 0 Å². The lowest BCUT2D eigenvalue weighted by atomic mass is 10.1. The van der Waals surface area contributed by atoms with E-state index in [0.717, 1.165) is 6.07 Å². The molecule has 0 atom stereocenters. The summed E-state index contributed by atoms with van der Waals surface area (Å²) >= 11 is 5.81. The Kier molecular flexibility index (Phi) is 2.75. The van der Waals surface area contributed by atoms with Crippen molar-refractivity contribution in [2.24, 2.45) is 0 Å². The highest BCUT2D eigenvalue weighted by Gasteiger charge is 2.13. The number of hydrogen-bond acceptors (Lipinski definition) is 2. The molecule has 0 fully saturated rings. The summed E-state index contributed by atoms with van der Waals surface area (Å²) in [4.78, 5) is 3.43. The highest BCUT2D eigenvalue weighted by atomic mass is 35.5. The molecule has 16 heavy (non-hydrogen) atoms. The third kappa shape index (κ3) is 1.97. The van der Waals surface area contributed by atoms with Crippen LogP contribution in [0.15, 0.2) is 30.3 Å². The van der Waals surface area contributed by atoms with Crippen LogP contribution in [0.1, 0.15) is 5.82 Å². The van der Waals surface area contributed by atoms with E-state index < -0.39 is 5.95 Å². The first kappa shape index (κ1) is 10.8. The van der Waals surface area contributed by atoms with Gasteiger partial charge in [0.25, 0.3) is 0 Å². The molecule has 0 saturated heterocycles. The molecule has 0 amide bonds. The van der Waals surface area contributed by atoms with E-state index in [-0.39, 0.29) is 11.5 Å². The lowest BCUT2D eigenvalue weighted by Crippen LogP contribution is -2.34. The third-order valence-corrected chi connectivity index (χ3v) is 2.39. The molecule has 0 spiro atoms. The van der Waals surface area contributed by atoms with E-state index >= 15 is 0 Å². The quantitative estimate of drug-likeness (QED) is 0.435. The minimum Gasteiger partial charge on any atom is -0.710 e. The predicted octanol–water partition coefficient (Wildman–Crippen LogP) is 2.48. The summed E-state index contributed by atoms with van der Waals surface area (Å²) in [5, 5.41) is 12.2. The molecule has 0 N–H and O–H groups in total. The largest absolute Gasteiger partial charge is 0.710 e. The van der Waals surface area contributed by atoms with Gasteiger partial charge in [-0.3, -0.25) is 0 Å². The van der Waals surface area contributed by atoms with Gasteiger partial charge in [-0.1, -0.05) is 23.7 Å². The number of nitrogens with zero attached hydrogens (tertiary/aromatic N) is 2. The van der Waals surface area contributed by atoms with Crippen molar-refractivity contribution < 1.29 is 9.12 Å². The van der Waals surface area contributed by atoms with Crippen LogP contribution >= 0.6 is 11.6 Å². The standard InChI is InChI=1S/C11H8ClFN2O/c1-7-14-11(13)6-10(15(7)16)8-3-2-4-9(12)5-8/h2-6H,1H3. The number of aromatic nitrogens is 2. The average Bonchev–Trinajstić information content (AvgIpc) is 2.23. The summed E-state index contributed by atoms with van der Waals surface area (Å²) < 4.78 is 13.7. The van der Waals surface area contributed by atoms with Crippen molar-refractivity contribution in [1.29, 1.82) is 0 Å². The van der Waals surface area contributed by atoms with E-state index in [1.165, 1.54) is 6.92 Å². The van der Waals surface area contributed by atoms with Gasteiger partial charge in [-0.25, -0.2) is 4.73 Å². The summed E-state index contributed by atoms with van der Waals surface area (Å²) in [5.74, 6) is -0.616. The fourth-order valence-electron chi connectivity index (χ4n) is 1.43. The number of benzene rings is 1. The Morgan fingerprint density at radius 1 is 1.38 bits per heavy atom. The Morgan fingerprint density at radius 2 is 2.12 bits per heavy atom. The number of aryl methyl sites for hydroxylation is 1. The van der Waals surface area contributed by atoms with Crippen molar-refractivity contribution in [2.75, 3.05) is 0 Å². The second kappa shape index (κ2) is 4.06. The first-order chi connectivity index (χ1) is 7.58. The molecule has 1 aromatic heterocycles. The minimum atomic E-state index is -0.681. The maximum absolute atomic E-state index is 13.1. The minimum absolute atomic E-state index is 0.0648. The number of rotatable bonds is 1. The molecular formula is C11H8ClFN2O. The van der Waals surface area contributed by atoms with Crippen LogP contribution in [-0.2, 0) is 0 Å². The molecule has 0 aliphatic heterocycles. The van der Waals surface area contributed by atoms with Crippen molar-refractivity contribution in [2.45, 2.75) is 6.92 Å². The normalized spacial score (nSPS) is 10.4. The van der Waals surface area contributed by atoms with Gasteiger partial charge in [0.05, 0.1) is 6.07 Å². The molecule has 0 aliphatic carbocycles. The van der Waals surface area contributed by atoms with Crippen molar-refractivity contribution in [3.8, 4) is 11.3 Å². The highest BCUT2D eigenvalue weighted by molar-refractivity contribution is 6.30. The molecule has 0 unspecified atom stereocenters. The molecule has 2 aromatic rings. The number of halogens is 2. The molecule has 0 radical (unpaired) electrons. The van der Waals surface area contributed by atoms with E-state index in [0.29, 0.717) is 15.3 Å². The molecule has 1 heterocycles. The van der Waals surface area contributed by atoms with Crippen LogP contribution in [-0.4, -0.2) is 4.98 Å². The van der Waals surface area contributed by atoms with Gasteiger partial charge in [-0.05, 0) is 17.1 Å². The Balaban J connectivity index is 2.64. The Labute approximate surface area is 96.7 Å². The van der Waals surface area contributed by atoms with Gasteiger partial charge in [0.2, 0.25) is 0 Å². The van der Waals surface area contributed by atoms with Crippen molar-refractivity contribution in [3.05, 3.63) is 52.3 Å². The van der Waals surface area contributed by atoms with Gasteiger partial charge >= 0.3 is 11.8 Å². The van der Waals surface area contributed by atoms with Crippen molar-refractivity contribution in [1.82, 2.24) is 4.98 Å². The molecule has 0 saturated carbocycles. The van der Waals surface area contributed by atoms with Crippen LogP contribution in [0.2, 0.25) is 5.02 Å². The van der Waals surface area contributed by atoms with Crippen LogP contribution < -0.4 is 4.73 Å². The summed E-state index contributed by atoms with van der Waals surface area (Å²) in [6.07, 6.45) is 0. The molecule has 82 valence electrons. The van der Waals surface area contributed by atoms with Crippen molar-refractivity contribution >= 4 is 11.6 Å². The van der Waals surface area contributed by atoms with Gasteiger partial charge in [-0.15, -0.1) is 0 Å². The molecule has 1 aromatic carbocycles. The Bertz CT molecular complexity index is 546. The first-order valence-corrected chi connectivity index (χ1v) is 4.98. The lowest BCUT2D eigenvalue weighted by Gasteiger charge is -2.10. The van der Waals surface area contributed by atoms with E-state index in [2.05, 4.69) is 4.98 Å². The Hall–Kier alpha value is -1.68. The van der Waals surface area contributed by atoms with Gasteiger partial charge in [0.15, 0.2) is 0 Å². The summed E-state index contributed by atoms with van der Waals surface area (Å²) in [6, 6.07) is 7.76. The SMILES string of the molecule is Cc1nc(F)cc(-c2cccc(Cl)c2)[n+]1[O-]. The van der Waals surface area contributed by atoms with Crippen LogP contribution in [0, 0.1) is 18.1 Å². The van der Waals surface area contributed by atoms with Crippen LogP contribution in [0.4, 0.5) is 4.39 Å². The zero-order valence-electron chi connectivity index (χ0n) is 8.45. The van der Waals surface area contributed by atoms with E-state index in [1.54, 1.807) is 24.3 Å². The van der Waals surface area contributed by atoms with Gasteiger partial charge in [-0.2, -0.15) is 4.39 Å². The second-order valence-electron chi connectivity index (χ2n) is 3.32. The van der Waals surface area contributed by atoms with Crippen LogP contribution in [0.5, 0.6) is 0 Å².